The molecule has 2 rings (SSSR count). The standard InChI is InChI=1S/C18H18ClNO6S/c1-10-8-12(19)4-5-14(10)26-11(2)17(22)25-9-15(21)20-13-6-7-27-16(13)18(23)24-3/h4-8,11H,9H2,1-3H3,(H,20,21). The average molecular weight is 412 g/mol. The van der Waals surface area contributed by atoms with Crippen molar-refractivity contribution in [2.45, 2.75) is 20.0 Å². The molecule has 1 atom stereocenters. The molecule has 1 aromatic carbocycles. The number of rotatable bonds is 7. The first-order valence-corrected chi connectivity index (χ1v) is 9.12. The summed E-state index contributed by atoms with van der Waals surface area (Å²) in [5, 5.41) is 4.70. The third kappa shape index (κ3) is 5.70. The minimum atomic E-state index is -0.913. The lowest BCUT2D eigenvalue weighted by atomic mass is 10.2. The lowest BCUT2D eigenvalue weighted by Crippen LogP contribution is -2.30. The van der Waals surface area contributed by atoms with Gasteiger partial charge >= 0.3 is 11.9 Å². The van der Waals surface area contributed by atoms with Gasteiger partial charge in [0.1, 0.15) is 10.6 Å². The lowest BCUT2D eigenvalue weighted by Gasteiger charge is -2.15. The molecule has 0 saturated carbocycles. The van der Waals surface area contributed by atoms with Crippen LogP contribution < -0.4 is 10.1 Å². The number of hydrogen-bond acceptors (Lipinski definition) is 7. The Labute approximate surface area is 165 Å². The Balaban J connectivity index is 1.86. The first-order valence-electron chi connectivity index (χ1n) is 7.87. The number of ether oxygens (including phenoxy) is 3. The van der Waals surface area contributed by atoms with Crippen molar-refractivity contribution >= 4 is 46.5 Å². The Bertz CT molecular complexity index is 850. The van der Waals surface area contributed by atoms with Gasteiger partial charge in [0.2, 0.25) is 0 Å². The molecule has 144 valence electrons. The molecule has 1 unspecified atom stereocenters. The maximum Gasteiger partial charge on any atom is 0.350 e. The highest BCUT2D eigenvalue weighted by atomic mass is 35.5. The minimum absolute atomic E-state index is 0.257. The van der Waals surface area contributed by atoms with E-state index in [4.69, 9.17) is 21.1 Å². The van der Waals surface area contributed by atoms with Crippen LogP contribution in [0, 0.1) is 6.92 Å². The zero-order valence-electron chi connectivity index (χ0n) is 14.9. The summed E-state index contributed by atoms with van der Waals surface area (Å²) in [7, 11) is 1.25. The van der Waals surface area contributed by atoms with E-state index in [1.165, 1.54) is 14.0 Å². The van der Waals surface area contributed by atoms with Gasteiger partial charge in [-0.1, -0.05) is 11.6 Å². The van der Waals surface area contributed by atoms with E-state index in [0.29, 0.717) is 16.5 Å². The number of thiophene rings is 1. The van der Waals surface area contributed by atoms with Crippen molar-refractivity contribution in [1.82, 2.24) is 0 Å². The molecule has 2 aromatic rings. The van der Waals surface area contributed by atoms with Gasteiger partial charge in [-0.05, 0) is 49.1 Å². The van der Waals surface area contributed by atoms with Crippen molar-refractivity contribution in [2.24, 2.45) is 0 Å². The maximum atomic E-state index is 12.0. The number of methoxy groups -OCH3 is 1. The van der Waals surface area contributed by atoms with Gasteiger partial charge in [0.15, 0.2) is 12.7 Å². The maximum absolute atomic E-state index is 12.0. The van der Waals surface area contributed by atoms with Gasteiger partial charge in [0.05, 0.1) is 12.8 Å². The highest BCUT2D eigenvalue weighted by Crippen LogP contribution is 2.24. The number of aryl methyl sites for hydroxylation is 1. The third-order valence-corrected chi connectivity index (χ3v) is 4.56. The topological polar surface area (TPSA) is 90.9 Å². The van der Waals surface area contributed by atoms with Gasteiger partial charge in [-0.3, -0.25) is 4.79 Å². The van der Waals surface area contributed by atoms with Crippen LogP contribution in [-0.2, 0) is 19.1 Å². The van der Waals surface area contributed by atoms with Crippen LogP contribution in [0.2, 0.25) is 5.02 Å². The number of esters is 2. The van der Waals surface area contributed by atoms with Gasteiger partial charge in [-0.2, -0.15) is 0 Å². The molecule has 0 spiro atoms. The molecule has 1 heterocycles. The fourth-order valence-electron chi connectivity index (χ4n) is 2.08. The fraction of sp³-hybridized carbons (Fsp3) is 0.278. The van der Waals surface area contributed by atoms with Crippen molar-refractivity contribution in [1.29, 1.82) is 0 Å². The summed E-state index contributed by atoms with van der Waals surface area (Å²) in [4.78, 5) is 35.8. The highest BCUT2D eigenvalue weighted by molar-refractivity contribution is 7.12. The highest BCUT2D eigenvalue weighted by Gasteiger charge is 2.20. The Kier molecular flexibility index (Phi) is 7.20. The number of carbonyl (C=O) groups excluding carboxylic acids is 3. The van der Waals surface area contributed by atoms with Gasteiger partial charge in [-0.25, -0.2) is 9.59 Å². The molecule has 1 aromatic heterocycles. The van der Waals surface area contributed by atoms with E-state index in [-0.39, 0.29) is 4.88 Å². The van der Waals surface area contributed by atoms with Crippen LogP contribution in [0.1, 0.15) is 22.2 Å². The lowest BCUT2D eigenvalue weighted by molar-refractivity contribution is -0.153. The molecule has 0 bridgehead atoms. The van der Waals surface area contributed by atoms with E-state index in [1.54, 1.807) is 36.6 Å². The number of nitrogens with one attached hydrogen (secondary N) is 1. The second-order valence-electron chi connectivity index (χ2n) is 5.48. The average Bonchev–Trinajstić information content (AvgIpc) is 3.09. The van der Waals surface area contributed by atoms with E-state index >= 15 is 0 Å². The second kappa shape index (κ2) is 9.38. The first-order chi connectivity index (χ1) is 12.8. The van der Waals surface area contributed by atoms with Crippen LogP contribution in [0.5, 0.6) is 5.75 Å². The Morgan fingerprint density at radius 3 is 2.67 bits per heavy atom. The first kappa shape index (κ1) is 20.7. The largest absolute Gasteiger partial charge is 0.479 e. The number of halogens is 1. The SMILES string of the molecule is COC(=O)c1sccc1NC(=O)COC(=O)C(C)Oc1ccc(Cl)cc1C. The molecule has 0 fully saturated rings. The monoisotopic (exact) mass is 411 g/mol. The molecule has 7 nitrogen and oxygen atoms in total. The number of amides is 1. The molecule has 0 aliphatic carbocycles. The van der Waals surface area contributed by atoms with Crippen LogP contribution >= 0.6 is 22.9 Å². The molecular formula is C18H18ClNO6S. The number of benzene rings is 1. The Morgan fingerprint density at radius 2 is 2.00 bits per heavy atom. The van der Waals surface area contributed by atoms with Crippen LogP contribution in [0.4, 0.5) is 5.69 Å². The number of anilines is 1. The summed E-state index contributed by atoms with van der Waals surface area (Å²) in [5.41, 5.74) is 1.07. The van der Waals surface area contributed by atoms with Crippen molar-refractivity contribution in [3.8, 4) is 5.75 Å². The predicted molar refractivity (Wildman–Crippen MR) is 102 cm³/mol. The van der Waals surface area contributed by atoms with E-state index in [0.717, 1.165) is 16.9 Å². The number of carbonyl (C=O) groups is 3. The van der Waals surface area contributed by atoms with Gasteiger partial charge in [0.25, 0.3) is 5.91 Å². The number of hydrogen-bond donors (Lipinski definition) is 1. The summed E-state index contributed by atoms with van der Waals surface area (Å²) in [6, 6.07) is 6.57. The summed E-state index contributed by atoms with van der Waals surface area (Å²) in [6.07, 6.45) is -0.913. The molecule has 0 aliphatic heterocycles. The molecule has 1 amide bonds. The molecule has 9 heteroatoms. The van der Waals surface area contributed by atoms with E-state index in [1.807, 2.05) is 0 Å². The van der Waals surface area contributed by atoms with Crippen LogP contribution in [0.25, 0.3) is 0 Å². The molecule has 0 radical (unpaired) electrons. The Morgan fingerprint density at radius 1 is 1.26 bits per heavy atom. The van der Waals surface area contributed by atoms with Crippen molar-refractivity contribution < 1.29 is 28.6 Å². The van der Waals surface area contributed by atoms with Crippen molar-refractivity contribution in [3.05, 3.63) is 45.1 Å². The summed E-state index contributed by atoms with van der Waals surface area (Å²) in [5.74, 6) is -1.34. The zero-order chi connectivity index (χ0) is 20.0. The molecule has 27 heavy (non-hydrogen) atoms. The molecule has 0 saturated heterocycles. The van der Waals surface area contributed by atoms with E-state index < -0.39 is 30.6 Å². The van der Waals surface area contributed by atoms with Gasteiger partial charge in [0, 0.05) is 5.02 Å². The molecule has 0 aliphatic rings. The molecule has 1 N–H and O–H groups in total. The van der Waals surface area contributed by atoms with E-state index in [9.17, 15) is 14.4 Å². The molecular weight excluding hydrogens is 394 g/mol. The second-order valence-corrected chi connectivity index (χ2v) is 6.83. The normalized spacial score (nSPS) is 11.4. The van der Waals surface area contributed by atoms with Crippen molar-refractivity contribution in [3.63, 3.8) is 0 Å². The predicted octanol–water partition coefficient (Wildman–Crippen LogP) is 3.45. The van der Waals surface area contributed by atoms with E-state index in [2.05, 4.69) is 10.1 Å². The van der Waals surface area contributed by atoms with Gasteiger partial charge < -0.3 is 19.5 Å². The van der Waals surface area contributed by atoms with Crippen LogP contribution in [0.15, 0.2) is 29.6 Å². The fourth-order valence-corrected chi connectivity index (χ4v) is 3.07. The van der Waals surface area contributed by atoms with Crippen LogP contribution in [-0.4, -0.2) is 37.7 Å². The minimum Gasteiger partial charge on any atom is -0.479 e. The van der Waals surface area contributed by atoms with Gasteiger partial charge in [-0.15, -0.1) is 11.3 Å². The summed E-state index contributed by atoms with van der Waals surface area (Å²) < 4.78 is 15.1. The van der Waals surface area contributed by atoms with Crippen molar-refractivity contribution in [2.75, 3.05) is 19.0 Å². The Hall–Kier alpha value is -2.58. The quantitative estimate of drug-likeness (QED) is 0.702. The third-order valence-electron chi connectivity index (χ3n) is 3.43. The smallest absolute Gasteiger partial charge is 0.350 e. The van der Waals surface area contributed by atoms with Crippen LogP contribution in [0.3, 0.4) is 0 Å². The zero-order valence-corrected chi connectivity index (χ0v) is 16.5. The summed E-state index contributed by atoms with van der Waals surface area (Å²) >= 11 is 7.01. The summed E-state index contributed by atoms with van der Waals surface area (Å²) in [6.45, 7) is 2.80.